The van der Waals surface area contributed by atoms with E-state index in [4.69, 9.17) is 0 Å². The Labute approximate surface area is 134 Å². The normalized spacial score (nSPS) is 11.9. The summed E-state index contributed by atoms with van der Waals surface area (Å²) in [6.07, 6.45) is 8.67. The molecule has 3 rings (SSSR count). The van der Waals surface area contributed by atoms with Gasteiger partial charge in [0.05, 0.1) is 5.69 Å². The van der Waals surface area contributed by atoms with Crippen molar-refractivity contribution >= 4 is 5.91 Å². The minimum Gasteiger partial charge on any atom is -0.350 e. The number of hydrogen-bond donors (Lipinski definition) is 1. The van der Waals surface area contributed by atoms with E-state index in [-0.39, 0.29) is 11.9 Å². The second-order valence-corrected chi connectivity index (χ2v) is 5.17. The van der Waals surface area contributed by atoms with Crippen LogP contribution in [0.25, 0.3) is 11.3 Å². The van der Waals surface area contributed by atoms with Gasteiger partial charge in [-0.2, -0.15) is 5.10 Å². The van der Waals surface area contributed by atoms with Gasteiger partial charge in [0.15, 0.2) is 0 Å². The van der Waals surface area contributed by atoms with E-state index >= 15 is 0 Å². The van der Waals surface area contributed by atoms with E-state index < -0.39 is 0 Å². The first kappa shape index (κ1) is 14.9. The van der Waals surface area contributed by atoms with Gasteiger partial charge in [0.2, 0.25) is 5.91 Å². The maximum Gasteiger partial charge on any atom is 0.244 e. The lowest BCUT2D eigenvalue weighted by atomic mass is 10.1. The van der Waals surface area contributed by atoms with Gasteiger partial charge in [-0.15, -0.1) is 0 Å². The number of carbonyl (C=O) groups is 1. The summed E-state index contributed by atoms with van der Waals surface area (Å²) in [6, 6.07) is 9.13. The summed E-state index contributed by atoms with van der Waals surface area (Å²) in [5.41, 5.74) is 2.77. The molecule has 0 radical (unpaired) electrons. The maximum absolute atomic E-state index is 12.2. The molecule has 1 N–H and O–H groups in total. The van der Waals surface area contributed by atoms with E-state index in [1.54, 1.807) is 41.7 Å². The highest BCUT2D eigenvalue weighted by Gasteiger charge is 2.14. The molecule has 116 valence electrons. The number of nitrogens with one attached hydrogen (secondary N) is 1. The quantitative estimate of drug-likeness (QED) is 0.784. The predicted molar refractivity (Wildman–Crippen MR) is 86.3 cm³/mol. The van der Waals surface area contributed by atoms with Crippen LogP contribution in [0.4, 0.5) is 0 Å². The van der Waals surface area contributed by atoms with Crippen molar-refractivity contribution in [2.24, 2.45) is 0 Å². The molecule has 1 atom stereocenters. The second-order valence-electron chi connectivity index (χ2n) is 5.17. The van der Waals surface area contributed by atoms with Gasteiger partial charge in [0.1, 0.15) is 6.04 Å². The molecule has 1 unspecified atom stereocenters. The summed E-state index contributed by atoms with van der Waals surface area (Å²) < 4.78 is 1.63. The van der Waals surface area contributed by atoms with Crippen molar-refractivity contribution in [3.8, 4) is 11.3 Å². The maximum atomic E-state index is 12.2. The number of hydrogen-bond acceptors (Lipinski definition) is 4. The first-order valence-electron chi connectivity index (χ1n) is 7.36. The highest BCUT2D eigenvalue weighted by atomic mass is 16.2. The zero-order valence-corrected chi connectivity index (χ0v) is 12.8. The topological polar surface area (TPSA) is 72.7 Å². The predicted octanol–water partition coefficient (Wildman–Crippen LogP) is 2.22. The number of nitrogens with zero attached hydrogens (tertiary/aromatic N) is 4. The lowest BCUT2D eigenvalue weighted by molar-refractivity contribution is -0.124. The Morgan fingerprint density at radius 2 is 2.17 bits per heavy atom. The molecule has 0 aliphatic carbocycles. The SMILES string of the molecule is CC(C(=O)NCc1ccnc(-c2cccnc2)c1)n1cccn1. The molecule has 0 aromatic carbocycles. The smallest absolute Gasteiger partial charge is 0.244 e. The number of amides is 1. The fourth-order valence-electron chi connectivity index (χ4n) is 2.22. The van der Waals surface area contributed by atoms with Gasteiger partial charge in [-0.25, -0.2) is 0 Å². The molecule has 3 aromatic rings. The van der Waals surface area contributed by atoms with Crippen LogP contribution in [0.15, 0.2) is 61.3 Å². The van der Waals surface area contributed by atoms with Crippen LogP contribution in [0.2, 0.25) is 0 Å². The summed E-state index contributed by atoms with van der Waals surface area (Å²) in [5, 5.41) is 7.01. The van der Waals surface area contributed by atoms with Crippen molar-refractivity contribution in [2.45, 2.75) is 19.5 Å². The summed E-state index contributed by atoms with van der Waals surface area (Å²) in [6.45, 7) is 2.26. The van der Waals surface area contributed by atoms with E-state index in [0.29, 0.717) is 6.54 Å². The average Bonchev–Trinajstić information content (AvgIpc) is 3.14. The zero-order chi connectivity index (χ0) is 16.1. The Hall–Kier alpha value is -3.02. The Bertz CT molecular complexity index is 771. The van der Waals surface area contributed by atoms with Crippen molar-refractivity contribution in [1.29, 1.82) is 0 Å². The molecule has 0 spiro atoms. The molecule has 1 amide bonds. The van der Waals surface area contributed by atoms with Crippen molar-refractivity contribution in [3.05, 3.63) is 66.9 Å². The molecule has 3 heterocycles. The summed E-state index contributed by atoms with van der Waals surface area (Å²) in [4.78, 5) is 20.6. The van der Waals surface area contributed by atoms with Crippen molar-refractivity contribution in [2.75, 3.05) is 0 Å². The van der Waals surface area contributed by atoms with Gasteiger partial charge in [0.25, 0.3) is 0 Å². The van der Waals surface area contributed by atoms with Crippen LogP contribution in [0.3, 0.4) is 0 Å². The third kappa shape index (κ3) is 3.60. The molecule has 3 aromatic heterocycles. The average molecular weight is 307 g/mol. The van der Waals surface area contributed by atoms with Crippen LogP contribution in [-0.4, -0.2) is 25.7 Å². The molecule has 0 fully saturated rings. The van der Waals surface area contributed by atoms with Gasteiger partial charge in [-0.3, -0.25) is 19.4 Å². The first-order chi connectivity index (χ1) is 11.2. The van der Waals surface area contributed by atoms with Crippen molar-refractivity contribution in [3.63, 3.8) is 0 Å². The number of rotatable bonds is 5. The number of carbonyl (C=O) groups excluding carboxylic acids is 1. The van der Waals surface area contributed by atoms with Crippen LogP contribution in [-0.2, 0) is 11.3 Å². The molecule has 0 aliphatic heterocycles. The molecule has 0 saturated heterocycles. The summed E-state index contributed by atoms with van der Waals surface area (Å²) in [7, 11) is 0. The molecule has 0 saturated carbocycles. The lowest BCUT2D eigenvalue weighted by Crippen LogP contribution is -2.30. The van der Waals surface area contributed by atoms with Crippen LogP contribution < -0.4 is 5.32 Å². The van der Waals surface area contributed by atoms with E-state index in [0.717, 1.165) is 16.8 Å². The Kier molecular flexibility index (Phi) is 4.42. The lowest BCUT2D eigenvalue weighted by Gasteiger charge is -2.13. The zero-order valence-electron chi connectivity index (χ0n) is 12.8. The van der Waals surface area contributed by atoms with E-state index in [1.807, 2.05) is 31.2 Å². The molecule has 0 aliphatic rings. The molecule has 6 nitrogen and oxygen atoms in total. The Morgan fingerprint density at radius 1 is 1.26 bits per heavy atom. The van der Waals surface area contributed by atoms with E-state index in [9.17, 15) is 4.79 Å². The minimum absolute atomic E-state index is 0.0755. The fourth-order valence-corrected chi connectivity index (χ4v) is 2.22. The Morgan fingerprint density at radius 3 is 2.91 bits per heavy atom. The molecular weight excluding hydrogens is 290 g/mol. The molecule has 0 bridgehead atoms. The van der Waals surface area contributed by atoms with Crippen LogP contribution >= 0.6 is 0 Å². The van der Waals surface area contributed by atoms with E-state index in [1.165, 1.54) is 0 Å². The largest absolute Gasteiger partial charge is 0.350 e. The van der Waals surface area contributed by atoms with Gasteiger partial charge < -0.3 is 5.32 Å². The Balaban J connectivity index is 1.66. The van der Waals surface area contributed by atoms with Crippen molar-refractivity contribution < 1.29 is 4.79 Å². The second kappa shape index (κ2) is 6.83. The van der Waals surface area contributed by atoms with Crippen LogP contribution in [0, 0.1) is 0 Å². The van der Waals surface area contributed by atoms with Crippen LogP contribution in [0.1, 0.15) is 18.5 Å². The molecular formula is C17H17N5O. The fraction of sp³-hybridized carbons (Fsp3) is 0.176. The standard InChI is InChI=1S/C17H17N5O/c1-13(22-9-3-7-21-22)17(23)20-11-14-5-8-19-16(10-14)15-4-2-6-18-12-15/h2-10,12-13H,11H2,1H3,(H,20,23). The van der Waals surface area contributed by atoms with Gasteiger partial charge in [-0.05, 0) is 42.8 Å². The third-order valence-corrected chi connectivity index (χ3v) is 3.55. The number of aromatic nitrogens is 4. The number of pyridine rings is 2. The van der Waals surface area contributed by atoms with Crippen molar-refractivity contribution in [1.82, 2.24) is 25.1 Å². The summed E-state index contributed by atoms with van der Waals surface area (Å²) >= 11 is 0. The highest BCUT2D eigenvalue weighted by molar-refractivity contribution is 5.79. The highest BCUT2D eigenvalue weighted by Crippen LogP contribution is 2.16. The first-order valence-corrected chi connectivity index (χ1v) is 7.36. The monoisotopic (exact) mass is 307 g/mol. The third-order valence-electron chi connectivity index (χ3n) is 3.55. The van der Waals surface area contributed by atoms with Crippen LogP contribution in [0.5, 0.6) is 0 Å². The van der Waals surface area contributed by atoms with E-state index in [2.05, 4.69) is 20.4 Å². The molecule has 6 heteroatoms. The van der Waals surface area contributed by atoms with Gasteiger partial charge >= 0.3 is 0 Å². The van der Waals surface area contributed by atoms with Gasteiger partial charge in [-0.1, -0.05) is 0 Å². The molecule has 23 heavy (non-hydrogen) atoms. The van der Waals surface area contributed by atoms with Gasteiger partial charge in [0, 0.05) is 43.1 Å². The summed E-state index contributed by atoms with van der Waals surface area (Å²) in [5.74, 6) is -0.0755. The minimum atomic E-state index is -0.343.